The molecule has 0 atom stereocenters. The van der Waals surface area contributed by atoms with Crippen LogP contribution in [0, 0.1) is 17.1 Å². The van der Waals surface area contributed by atoms with Crippen molar-refractivity contribution in [2.75, 3.05) is 27.2 Å². The van der Waals surface area contributed by atoms with E-state index in [9.17, 15) is 4.39 Å². The van der Waals surface area contributed by atoms with Gasteiger partial charge in [-0.25, -0.2) is 4.39 Å². The van der Waals surface area contributed by atoms with E-state index in [1.807, 2.05) is 20.2 Å². The van der Waals surface area contributed by atoms with Gasteiger partial charge < -0.3 is 10.2 Å². The first-order valence-corrected chi connectivity index (χ1v) is 5.18. The molecule has 0 unspecified atom stereocenters. The summed E-state index contributed by atoms with van der Waals surface area (Å²) in [5, 5.41) is 11.8. The molecule has 1 aromatic rings. The lowest BCUT2D eigenvalue weighted by Crippen LogP contribution is -2.27. The van der Waals surface area contributed by atoms with Crippen molar-refractivity contribution in [3.8, 4) is 6.07 Å². The Hall–Kier alpha value is -1.44. The third kappa shape index (κ3) is 3.97. The number of nitrogens with zero attached hydrogens (tertiary/aromatic N) is 2. The zero-order valence-electron chi connectivity index (χ0n) is 9.63. The minimum atomic E-state index is -0.351. The Morgan fingerprint density at radius 1 is 1.44 bits per heavy atom. The van der Waals surface area contributed by atoms with Gasteiger partial charge >= 0.3 is 0 Å². The van der Waals surface area contributed by atoms with E-state index in [0.717, 1.165) is 18.7 Å². The van der Waals surface area contributed by atoms with Crippen molar-refractivity contribution >= 4 is 0 Å². The molecular weight excluding hydrogens is 205 g/mol. The number of nitriles is 1. The van der Waals surface area contributed by atoms with E-state index in [-0.39, 0.29) is 5.82 Å². The number of nitrogens with one attached hydrogen (secondary N) is 1. The van der Waals surface area contributed by atoms with Gasteiger partial charge in [0, 0.05) is 19.6 Å². The van der Waals surface area contributed by atoms with E-state index in [1.165, 1.54) is 12.1 Å². The van der Waals surface area contributed by atoms with Gasteiger partial charge in [-0.05, 0) is 37.9 Å². The molecule has 0 amide bonds. The Labute approximate surface area is 95.5 Å². The van der Waals surface area contributed by atoms with Gasteiger partial charge in [0.25, 0.3) is 0 Å². The average molecular weight is 221 g/mol. The molecule has 0 heterocycles. The van der Waals surface area contributed by atoms with Crippen molar-refractivity contribution in [1.82, 2.24) is 10.2 Å². The van der Waals surface area contributed by atoms with Gasteiger partial charge in [-0.1, -0.05) is 0 Å². The van der Waals surface area contributed by atoms with Crippen LogP contribution in [0.2, 0.25) is 0 Å². The molecule has 0 fully saturated rings. The second-order valence-electron chi connectivity index (χ2n) is 3.80. The summed E-state index contributed by atoms with van der Waals surface area (Å²) in [5.74, 6) is -0.351. The molecule has 0 aliphatic carbocycles. The van der Waals surface area contributed by atoms with Crippen LogP contribution in [-0.2, 0) is 6.54 Å². The molecule has 0 radical (unpaired) electrons. The van der Waals surface area contributed by atoms with E-state index in [0.29, 0.717) is 12.1 Å². The number of benzene rings is 1. The molecule has 1 aromatic carbocycles. The molecule has 3 nitrogen and oxygen atoms in total. The molecule has 0 spiro atoms. The summed E-state index contributed by atoms with van der Waals surface area (Å²) >= 11 is 0. The Morgan fingerprint density at radius 2 is 2.19 bits per heavy atom. The summed E-state index contributed by atoms with van der Waals surface area (Å²) in [6, 6.07) is 6.39. The largest absolute Gasteiger partial charge is 0.318 e. The summed E-state index contributed by atoms with van der Waals surface area (Å²) in [4.78, 5) is 2.08. The number of likely N-dealkylation sites (N-methyl/N-ethyl adjacent to an activating group) is 2. The summed E-state index contributed by atoms with van der Waals surface area (Å²) in [6.45, 7) is 2.42. The van der Waals surface area contributed by atoms with E-state index in [2.05, 4.69) is 10.2 Å². The maximum atomic E-state index is 13.1. The second kappa shape index (κ2) is 6.21. The van der Waals surface area contributed by atoms with Crippen molar-refractivity contribution in [3.05, 3.63) is 35.1 Å². The Morgan fingerprint density at radius 3 is 2.81 bits per heavy atom. The third-order valence-electron chi connectivity index (χ3n) is 2.28. The first-order chi connectivity index (χ1) is 7.65. The van der Waals surface area contributed by atoms with E-state index in [1.54, 1.807) is 6.07 Å². The van der Waals surface area contributed by atoms with Crippen molar-refractivity contribution in [2.24, 2.45) is 0 Å². The van der Waals surface area contributed by atoms with E-state index in [4.69, 9.17) is 5.26 Å². The van der Waals surface area contributed by atoms with Crippen LogP contribution >= 0.6 is 0 Å². The SMILES string of the molecule is CNCCN(C)Cc1cc(F)cc(C#N)c1. The van der Waals surface area contributed by atoms with E-state index >= 15 is 0 Å². The van der Waals surface area contributed by atoms with Crippen molar-refractivity contribution in [2.45, 2.75) is 6.54 Å². The van der Waals surface area contributed by atoms with Gasteiger partial charge in [-0.3, -0.25) is 0 Å². The lowest BCUT2D eigenvalue weighted by atomic mass is 10.1. The van der Waals surface area contributed by atoms with Crippen LogP contribution in [0.5, 0.6) is 0 Å². The first-order valence-electron chi connectivity index (χ1n) is 5.18. The minimum absolute atomic E-state index is 0.351. The molecule has 1 N–H and O–H groups in total. The predicted octanol–water partition coefficient (Wildman–Crippen LogP) is 1.35. The molecule has 0 aliphatic rings. The van der Waals surface area contributed by atoms with Crippen molar-refractivity contribution < 1.29 is 4.39 Å². The molecule has 0 aliphatic heterocycles. The lowest BCUT2D eigenvalue weighted by molar-refractivity contribution is 0.327. The van der Waals surface area contributed by atoms with Gasteiger partial charge in [0.2, 0.25) is 0 Å². The normalized spacial score (nSPS) is 10.4. The fourth-order valence-corrected chi connectivity index (χ4v) is 1.50. The zero-order valence-corrected chi connectivity index (χ0v) is 9.63. The van der Waals surface area contributed by atoms with Crippen LogP contribution in [0.15, 0.2) is 18.2 Å². The quantitative estimate of drug-likeness (QED) is 0.815. The molecule has 16 heavy (non-hydrogen) atoms. The van der Waals surface area contributed by atoms with Gasteiger partial charge in [0.1, 0.15) is 5.82 Å². The predicted molar refractivity (Wildman–Crippen MR) is 61.4 cm³/mol. The second-order valence-corrected chi connectivity index (χ2v) is 3.80. The highest BCUT2D eigenvalue weighted by molar-refractivity contribution is 5.33. The van der Waals surface area contributed by atoms with Crippen molar-refractivity contribution in [3.63, 3.8) is 0 Å². The molecular formula is C12H16FN3. The van der Waals surface area contributed by atoms with E-state index < -0.39 is 0 Å². The molecule has 86 valence electrons. The Bertz CT molecular complexity index is 384. The molecule has 0 saturated heterocycles. The third-order valence-corrected chi connectivity index (χ3v) is 2.28. The van der Waals surface area contributed by atoms with Crippen LogP contribution in [0.3, 0.4) is 0 Å². The fraction of sp³-hybridized carbons (Fsp3) is 0.417. The highest BCUT2D eigenvalue weighted by atomic mass is 19.1. The zero-order chi connectivity index (χ0) is 12.0. The molecule has 4 heteroatoms. The van der Waals surface area contributed by atoms with Crippen LogP contribution in [-0.4, -0.2) is 32.1 Å². The highest BCUT2D eigenvalue weighted by Gasteiger charge is 2.03. The van der Waals surface area contributed by atoms with Crippen LogP contribution < -0.4 is 5.32 Å². The minimum Gasteiger partial charge on any atom is -0.318 e. The standard InChI is InChI=1S/C12H16FN3/c1-15-3-4-16(2)9-11-5-10(8-14)6-12(13)7-11/h5-7,15H,3-4,9H2,1-2H3. The lowest BCUT2D eigenvalue weighted by Gasteiger charge is -2.16. The van der Waals surface area contributed by atoms with Gasteiger partial charge in [0.15, 0.2) is 0 Å². The summed E-state index contributed by atoms with van der Waals surface area (Å²) < 4.78 is 13.1. The highest BCUT2D eigenvalue weighted by Crippen LogP contribution is 2.10. The first kappa shape index (κ1) is 12.6. The summed E-state index contributed by atoms with van der Waals surface area (Å²) in [5.41, 5.74) is 1.20. The Balaban J connectivity index is 2.66. The van der Waals surface area contributed by atoms with Gasteiger partial charge in [-0.2, -0.15) is 5.26 Å². The monoisotopic (exact) mass is 221 g/mol. The van der Waals surface area contributed by atoms with Gasteiger partial charge in [-0.15, -0.1) is 0 Å². The number of rotatable bonds is 5. The number of hydrogen-bond donors (Lipinski definition) is 1. The molecule has 0 saturated carbocycles. The van der Waals surface area contributed by atoms with Gasteiger partial charge in [0.05, 0.1) is 11.6 Å². The van der Waals surface area contributed by atoms with Crippen LogP contribution in [0.25, 0.3) is 0 Å². The molecule has 1 rings (SSSR count). The number of halogens is 1. The Kier molecular flexibility index (Phi) is 4.90. The fourth-order valence-electron chi connectivity index (χ4n) is 1.50. The maximum Gasteiger partial charge on any atom is 0.124 e. The maximum absolute atomic E-state index is 13.1. The molecule has 0 aromatic heterocycles. The van der Waals surface area contributed by atoms with Crippen LogP contribution in [0.1, 0.15) is 11.1 Å². The summed E-state index contributed by atoms with van der Waals surface area (Å²) in [6.07, 6.45) is 0. The van der Waals surface area contributed by atoms with Crippen LogP contribution in [0.4, 0.5) is 4.39 Å². The van der Waals surface area contributed by atoms with Crippen molar-refractivity contribution in [1.29, 1.82) is 5.26 Å². The molecule has 0 bridgehead atoms. The summed E-state index contributed by atoms with van der Waals surface area (Å²) in [7, 11) is 3.86. The smallest absolute Gasteiger partial charge is 0.124 e. The average Bonchev–Trinajstić information content (AvgIpc) is 2.25. The number of hydrogen-bond acceptors (Lipinski definition) is 3. The topological polar surface area (TPSA) is 39.1 Å².